The van der Waals surface area contributed by atoms with Crippen LogP contribution in [0, 0.1) is 0 Å². The first-order valence-corrected chi connectivity index (χ1v) is 5.53. The van der Waals surface area contributed by atoms with Crippen molar-refractivity contribution in [2.75, 3.05) is 5.32 Å². The molecule has 0 atom stereocenters. The van der Waals surface area contributed by atoms with Crippen molar-refractivity contribution in [3.05, 3.63) is 27.1 Å². The Morgan fingerprint density at radius 3 is 2.20 bits per heavy atom. The van der Waals surface area contributed by atoms with Gasteiger partial charge in [-0.15, -0.1) is 0 Å². The first kappa shape index (κ1) is 12.2. The van der Waals surface area contributed by atoms with E-state index in [1.54, 1.807) is 12.1 Å². The third kappa shape index (κ3) is 4.44. The standard InChI is InChI=1S/C9H7Br2NO3/c10-5-1-6(11)3-7(2-5)12-8(13)4-9(14)15/h1-3H,4H2,(H,12,13)(H,14,15). The number of benzene rings is 1. The number of amides is 1. The number of carboxylic acids is 1. The molecule has 80 valence electrons. The summed E-state index contributed by atoms with van der Waals surface area (Å²) in [4.78, 5) is 21.4. The van der Waals surface area contributed by atoms with Crippen molar-refractivity contribution in [3.8, 4) is 0 Å². The van der Waals surface area contributed by atoms with Gasteiger partial charge in [0, 0.05) is 14.6 Å². The zero-order valence-electron chi connectivity index (χ0n) is 7.46. The number of carboxylic acid groups (broad SMARTS) is 1. The number of aliphatic carboxylic acids is 1. The highest BCUT2D eigenvalue weighted by molar-refractivity contribution is 9.11. The molecule has 0 bridgehead atoms. The van der Waals surface area contributed by atoms with Gasteiger partial charge in [-0.05, 0) is 18.2 Å². The highest BCUT2D eigenvalue weighted by Gasteiger charge is 2.08. The summed E-state index contributed by atoms with van der Waals surface area (Å²) in [6.07, 6.45) is -0.538. The summed E-state index contributed by atoms with van der Waals surface area (Å²) < 4.78 is 1.59. The van der Waals surface area contributed by atoms with E-state index in [2.05, 4.69) is 37.2 Å². The topological polar surface area (TPSA) is 66.4 Å². The lowest BCUT2D eigenvalue weighted by Crippen LogP contribution is -2.15. The van der Waals surface area contributed by atoms with Crippen molar-refractivity contribution in [2.45, 2.75) is 6.42 Å². The summed E-state index contributed by atoms with van der Waals surface area (Å²) in [5, 5.41) is 10.9. The smallest absolute Gasteiger partial charge is 0.312 e. The normalized spacial score (nSPS) is 9.73. The third-order valence-corrected chi connectivity index (χ3v) is 2.37. The summed E-state index contributed by atoms with van der Waals surface area (Å²) >= 11 is 6.51. The van der Waals surface area contributed by atoms with Crippen LogP contribution in [0.1, 0.15) is 6.42 Å². The first-order chi connectivity index (χ1) is 6.97. The molecule has 0 aliphatic rings. The fourth-order valence-electron chi connectivity index (χ4n) is 0.969. The molecule has 1 aromatic carbocycles. The fourth-order valence-corrected chi connectivity index (χ4v) is 2.26. The second-order valence-corrected chi connectivity index (χ2v) is 4.61. The van der Waals surface area contributed by atoms with Crippen LogP contribution >= 0.6 is 31.9 Å². The lowest BCUT2D eigenvalue weighted by atomic mass is 10.3. The second-order valence-electron chi connectivity index (χ2n) is 2.78. The van der Waals surface area contributed by atoms with E-state index < -0.39 is 18.3 Å². The third-order valence-electron chi connectivity index (χ3n) is 1.46. The summed E-state index contributed by atoms with van der Waals surface area (Å²) in [7, 11) is 0. The maximum absolute atomic E-state index is 11.1. The molecule has 0 unspecified atom stereocenters. The van der Waals surface area contributed by atoms with Gasteiger partial charge in [-0.1, -0.05) is 31.9 Å². The Labute approximate surface area is 103 Å². The molecule has 0 radical (unpaired) electrons. The maximum atomic E-state index is 11.1. The van der Waals surface area contributed by atoms with Crippen molar-refractivity contribution in [1.82, 2.24) is 0 Å². The van der Waals surface area contributed by atoms with E-state index >= 15 is 0 Å². The van der Waals surface area contributed by atoms with Gasteiger partial charge in [-0.2, -0.15) is 0 Å². The van der Waals surface area contributed by atoms with Gasteiger partial charge in [0.1, 0.15) is 6.42 Å². The molecule has 4 nitrogen and oxygen atoms in total. The van der Waals surface area contributed by atoms with E-state index in [1.807, 2.05) is 6.07 Å². The van der Waals surface area contributed by atoms with Crippen LogP contribution in [0.15, 0.2) is 27.1 Å². The average Bonchev–Trinajstić information content (AvgIpc) is 1.98. The SMILES string of the molecule is O=C(O)CC(=O)Nc1cc(Br)cc(Br)c1. The van der Waals surface area contributed by atoms with Crippen LogP contribution in [0.4, 0.5) is 5.69 Å². The first-order valence-electron chi connectivity index (χ1n) is 3.95. The van der Waals surface area contributed by atoms with Gasteiger partial charge in [0.25, 0.3) is 0 Å². The van der Waals surface area contributed by atoms with Gasteiger partial charge in [0.15, 0.2) is 0 Å². The van der Waals surface area contributed by atoms with Crippen LogP contribution in [-0.2, 0) is 9.59 Å². The van der Waals surface area contributed by atoms with Crippen molar-refractivity contribution in [3.63, 3.8) is 0 Å². The Morgan fingerprint density at radius 2 is 1.73 bits per heavy atom. The van der Waals surface area contributed by atoms with Crippen LogP contribution in [0.3, 0.4) is 0 Å². The molecule has 1 aromatic rings. The molecule has 0 heterocycles. The highest BCUT2D eigenvalue weighted by atomic mass is 79.9. The Morgan fingerprint density at radius 1 is 1.20 bits per heavy atom. The molecule has 15 heavy (non-hydrogen) atoms. The van der Waals surface area contributed by atoms with Gasteiger partial charge < -0.3 is 10.4 Å². The van der Waals surface area contributed by atoms with Crippen LogP contribution in [0.25, 0.3) is 0 Å². The van der Waals surface area contributed by atoms with E-state index in [-0.39, 0.29) is 0 Å². The minimum absolute atomic E-state index is 0.538. The fraction of sp³-hybridized carbons (Fsp3) is 0.111. The van der Waals surface area contributed by atoms with Crippen LogP contribution in [0.5, 0.6) is 0 Å². The monoisotopic (exact) mass is 335 g/mol. The summed E-state index contributed by atoms with van der Waals surface area (Å²) in [5.74, 6) is -1.70. The number of carbonyl (C=O) groups excluding carboxylic acids is 1. The van der Waals surface area contributed by atoms with E-state index in [4.69, 9.17) is 5.11 Å². The molecule has 1 amide bonds. The molecule has 1 rings (SSSR count). The summed E-state index contributed by atoms with van der Waals surface area (Å²) in [6.45, 7) is 0. The van der Waals surface area contributed by atoms with Gasteiger partial charge >= 0.3 is 5.97 Å². The molecule has 0 saturated heterocycles. The van der Waals surface area contributed by atoms with Crippen LogP contribution < -0.4 is 5.32 Å². The van der Waals surface area contributed by atoms with E-state index in [0.29, 0.717) is 5.69 Å². The second kappa shape index (κ2) is 5.27. The van der Waals surface area contributed by atoms with Crippen molar-refractivity contribution in [2.24, 2.45) is 0 Å². The number of anilines is 1. The van der Waals surface area contributed by atoms with E-state index in [0.717, 1.165) is 8.95 Å². The molecule has 0 aliphatic heterocycles. The Balaban J connectivity index is 2.72. The van der Waals surface area contributed by atoms with Crippen molar-refractivity contribution < 1.29 is 14.7 Å². The molecule has 0 aliphatic carbocycles. The average molecular weight is 337 g/mol. The van der Waals surface area contributed by atoms with Crippen molar-refractivity contribution >= 4 is 49.4 Å². The zero-order valence-corrected chi connectivity index (χ0v) is 10.6. The van der Waals surface area contributed by atoms with Gasteiger partial charge in [-0.3, -0.25) is 9.59 Å². The number of hydrogen-bond acceptors (Lipinski definition) is 2. The molecule has 2 N–H and O–H groups in total. The Bertz CT molecular complexity index is 386. The predicted molar refractivity (Wildman–Crippen MR) is 62.7 cm³/mol. The summed E-state index contributed by atoms with van der Waals surface area (Å²) in [6, 6.07) is 5.18. The van der Waals surface area contributed by atoms with Crippen molar-refractivity contribution in [1.29, 1.82) is 0 Å². The minimum Gasteiger partial charge on any atom is -0.481 e. The predicted octanol–water partition coefficient (Wildman–Crippen LogP) is 2.62. The Hall–Kier alpha value is -0.880. The molecule has 0 fully saturated rings. The summed E-state index contributed by atoms with van der Waals surface area (Å²) in [5.41, 5.74) is 0.544. The quantitative estimate of drug-likeness (QED) is 0.834. The highest BCUT2D eigenvalue weighted by Crippen LogP contribution is 2.23. The molecule has 0 spiro atoms. The Kier molecular flexibility index (Phi) is 4.28. The lowest BCUT2D eigenvalue weighted by molar-refractivity contribution is -0.139. The molecule has 6 heteroatoms. The molecular weight excluding hydrogens is 330 g/mol. The minimum atomic E-state index is -1.15. The van der Waals surface area contributed by atoms with Crippen LogP contribution in [-0.4, -0.2) is 17.0 Å². The van der Waals surface area contributed by atoms with Gasteiger partial charge in [0.2, 0.25) is 5.91 Å². The number of hydrogen-bond donors (Lipinski definition) is 2. The molecule has 0 saturated carbocycles. The maximum Gasteiger partial charge on any atom is 0.312 e. The largest absolute Gasteiger partial charge is 0.481 e. The van der Waals surface area contributed by atoms with E-state index in [1.165, 1.54) is 0 Å². The van der Waals surface area contributed by atoms with Crippen LogP contribution in [0.2, 0.25) is 0 Å². The number of carbonyl (C=O) groups is 2. The molecular formula is C9H7Br2NO3. The van der Waals surface area contributed by atoms with Gasteiger partial charge in [0.05, 0.1) is 0 Å². The number of halogens is 2. The lowest BCUT2D eigenvalue weighted by Gasteiger charge is -2.04. The number of rotatable bonds is 3. The zero-order chi connectivity index (χ0) is 11.4. The number of nitrogens with one attached hydrogen (secondary N) is 1. The van der Waals surface area contributed by atoms with E-state index in [9.17, 15) is 9.59 Å². The van der Waals surface area contributed by atoms with Gasteiger partial charge in [-0.25, -0.2) is 0 Å². The molecule has 0 aromatic heterocycles.